The van der Waals surface area contributed by atoms with E-state index >= 15 is 0 Å². The normalized spacial score (nSPS) is 7.50. The molecule has 5 heteroatoms. The predicted molar refractivity (Wildman–Crippen MR) is 35.4 cm³/mol. The first-order valence-electron chi connectivity index (χ1n) is 1.71. The summed E-state index contributed by atoms with van der Waals surface area (Å²) < 4.78 is 0. The SMILES string of the molecule is Cl.OCC(O)CO.[H-].[H-].[Mg+2]. The van der Waals surface area contributed by atoms with Gasteiger partial charge in [-0.2, -0.15) is 0 Å². The van der Waals surface area contributed by atoms with E-state index in [0.29, 0.717) is 0 Å². The molecule has 0 atom stereocenters. The van der Waals surface area contributed by atoms with Gasteiger partial charge in [-0.1, -0.05) is 0 Å². The number of aliphatic hydroxyl groups excluding tert-OH is 3. The van der Waals surface area contributed by atoms with Crippen molar-refractivity contribution in [2.24, 2.45) is 0 Å². The van der Waals surface area contributed by atoms with Crippen LogP contribution in [0.2, 0.25) is 0 Å². The molecule has 0 aliphatic carbocycles. The first-order chi connectivity index (χ1) is 2.81. The second-order valence-corrected chi connectivity index (χ2v) is 1.02. The summed E-state index contributed by atoms with van der Waals surface area (Å²) in [6.07, 6.45) is -0.954. The molecular formula is C3H11ClMgO3. The standard InChI is InChI=1S/C3H8O3.ClH.Mg.2H/c4-1-3(6)2-5;;;;/h3-6H,1-2H2;1H;;;/q;;+2;2*-1. The van der Waals surface area contributed by atoms with Crippen LogP contribution in [0.15, 0.2) is 0 Å². The van der Waals surface area contributed by atoms with Crippen molar-refractivity contribution in [1.29, 1.82) is 0 Å². The van der Waals surface area contributed by atoms with E-state index in [-0.39, 0.29) is 51.5 Å². The largest absolute Gasteiger partial charge is 2.00 e. The predicted octanol–water partition coefficient (Wildman–Crippen LogP) is -1.40. The summed E-state index contributed by atoms with van der Waals surface area (Å²) in [5, 5.41) is 24.0. The van der Waals surface area contributed by atoms with E-state index < -0.39 is 6.10 Å². The second kappa shape index (κ2) is 10.8. The Labute approximate surface area is 73.2 Å². The number of hydrogen-bond donors (Lipinski definition) is 3. The van der Waals surface area contributed by atoms with E-state index in [2.05, 4.69) is 0 Å². The first kappa shape index (κ1) is 16.0. The van der Waals surface area contributed by atoms with Crippen molar-refractivity contribution in [3.63, 3.8) is 0 Å². The average Bonchev–Trinajstić information content (AvgIpc) is 1.65. The van der Waals surface area contributed by atoms with Crippen molar-refractivity contribution in [3.05, 3.63) is 0 Å². The van der Waals surface area contributed by atoms with Crippen LogP contribution in [0, 0.1) is 0 Å². The molecule has 0 heterocycles. The van der Waals surface area contributed by atoms with Gasteiger partial charge in [-0.15, -0.1) is 12.4 Å². The fourth-order valence-electron chi connectivity index (χ4n) is 0.0577. The van der Waals surface area contributed by atoms with Gasteiger partial charge in [0.2, 0.25) is 0 Å². The zero-order valence-electron chi connectivity index (χ0n) is 6.45. The number of hydrogen-bond acceptors (Lipinski definition) is 3. The zero-order chi connectivity index (χ0) is 4.99. The van der Waals surface area contributed by atoms with E-state index in [1.165, 1.54) is 0 Å². The molecule has 0 amide bonds. The molecule has 0 bridgehead atoms. The Kier molecular flexibility index (Phi) is 21.6. The molecule has 0 unspecified atom stereocenters. The average molecular weight is 155 g/mol. The topological polar surface area (TPSA) is 60.7 Å². The van der Waals surface area contributed by atoms with Gasteiger partial charge in [0.05, 0.1) is 13.2 Å². The van der Waals surface area contributed by atoms with Crippen LogP contribution < -0.4 is 0 Å². The molecule has 8 heavy (non-hydrogen) atoms. The Bertz CT molecular complexity index is 40.9. The van der Waals surface area contributed by atoms with Crippen LogP contribution in [0.3, 0.4) is 0 Å². The molecule has 0 rings (SSSR count). The molecule has 0 aromatic heterocycles. The molecule has 0 fully saturated rings. The Morgan fingerprint density at radius 2 is 1.50 bits per heavy atom. The molecule has 3 nitrogen and oxygen atoms in total. The van der Waals surface area contributed by atoms with Crippen LogP contribution in [-0.2, 0) is 0 Å². The molecule has 0 spiro atoms. The summed E-state index contributed by atoms with van der Waals surface area (Å²) in [6.45, 7) is -0.729. The minimum Gasteiger partial charge on any atom is -1.00 e. The van der Waals surface area contributed by atoms with Crippen molar-refractivity contribution in [2.75, 3.05) is 13.2 Å². The molecule has 0 saturated carbocycles. The molecule has 50 valence electrons. The van der Waals surface area contributed by atoms with Gasteiger partial charge in [0, 0.05) is 0 Å². The van der Waals surface area contributed by atoms with Crippen LogP contribution in [0.5, 0.6) is 0 Å². The van der Waals surface area contributed by atoms with E-state index in [1.54, 1.807) is 0 Å². The van der Waals surface area contributed by atoms with E-state index in [0.717, 1.165) is 0 Å². The monoisotopic (exact) mass is 154 g/mol. The summed E-state index contributed by atoms with van der Waals surface area (Å²) in [6, 6.07) is 0. The van der Waals surface area contributed by atoms with Crippen molar-refractivity contribution in [1.82, 2.24) is 0 Å². The maximum atomic E-state index is 8.17. The number of aliphatic hydroxyl groups is 3. The van der Waals surface area contributed by atoms with Crippen molar-refractivity contribution < 1.29 is 18.2 Å². The molecule has 0 saturated heterocycles. The molecule has 0 radical (unpaired) electrons. The van der Waals surface area contributed by atoms with Gasteiger partial charge in [-0.3, -0.25) is 0 Å². The van der Waals surface area contributed by atoms with Crippen LogP contribution in [0.1, 0.15) is 2.85 Å². The van der Waals surface area contributed by atoms with Crippen LogP contribution in [-0.4, -0.2) is 57.7 Å². The quantitative estimate of drug-likeness (QED) is 0.429. The minimum absolute atomic E-state index is 0. The van der Waals surface area contributed by atoms with Gasteiger partial charge in [-0.05, 0) is 0 Å². The summed E-state index contributed by atoms with van der Waals surface area (Å²) in [5.41, 5.74) is 0. The maximum Gasteiger partial charge on any atom is 2.00 e. The molecule has 3 N–H and O–H groups in total. The van der Waals surface area contributed by atoms with Crippen LogP contribution >= 0.6 is 12.4 Å². The Morgan fingerprint density at radius 3 is 1.50 bits per heavy atom. The third-order valence-electron chi connectivity index (χ3n) is 0.421. The van der Waals surface area contributed by atoms with Crippen molar-refractivity contribution >= 4 is 35.5 Å². The van der Waals surface area contributed by atoms with E-state index in [9.17, 15) is 0 Å². The van der Waals surface area contributed by atoms with Crippen LogP contribution in [0.25, 0.3) is 0 Å². The van der Waals surface area contributed by atoms with Gasteiger partial charge >= 0.3 is 23.1 Å². The summed E-state index contributed by atoms with van der Waals surface area (Å²) >= 11 is 0. The maximum absolute atomic E-state index is 8.17. The molecule has 0 aromatic carbocycles. The fraction of sp³-hybridized carbons (Fsp3) is 1.00. The second-order valence-electron chi connectivity index (χ2n) is 1.02. The van der Waals surface area contributed by atoms with Gasteiger partial charge in [0.1, 0.15) is 6.10 Å². The van der Waals surface area contributed by atoms with E-state index in [4.69, 9.17) is 15.3 Å². The smallest absolute Gasteiger partial charge is 1.00 e. The van der Waals surface area contributed by atoms with Gasteiger partial charge in [0.25, 0.3) is 0 Å². The third-order valence-corrected chi connectivity index (χ3v) is 0.421. The zero-order valence-corrected chi connectivity index (χ0v) is 6.68. The Hall–Kier alpha value is 0.936. The Balaban J connectivity index is -0.0000000208. The Morgan fingerprint density at radius 1 is 1.25 bits per heavy atom. The summed E-state index contributed by atoms with van der Waals surface area (Å²) in [5.74, 6) is 0. The van der Waals surface area contributed by atoms with Crippen LogP contribution in [0.4, 0.5) is 0 Å². The number of halogens is 1. The van der Waals surface area contributed by atoms with Gasteiger partial charge < -0.3 is 18.2 Å². The van der Waals surface area contributed by atoms with Crippen molar-refractivity contribution in [3.8, 4) is 0 Å². The molecule has 0 aromatic rings. The fourth-order valence-corrected chi connectivity index (χ4v) is 0.0577. The van der Waals surface area contributed by atoms with Crippen molar-refractivity contribution in [2.45, 2.75) is 6.10 Å². The summed E-state index contributed by atoms with van der Waals surface area (Å²) in [7, 11) is 0. The molecule has 0 aliphatic rings. The summed E-state index contributed by atoms with van der Waals surface area (Å²) in [4.78, 5) is 0. The third kappa shape index (κ3) is 10.0. The molecule has 0 aliphatic heterocycles. The van der Waals surface area contributed by atoms with E-state index in [1.807, 2.05) is 0 Å². The minimum atomic E-state index is -0.954. The number of rotatable bonds is 2. The van der Waals surface area contributed by atoms with Gasteiger partial charge in [0.15, 0.2) is 0 Å². The van der Waals surface area contributed by atoms with Gasteiger partial charge in [-0.25, -0.2) is 0 Å². The molecular weight excluding hydrogens is 144 g/mol. The first-order valence-corrected chi connectivity index (χ1v) is 1.71.